The summed E-state index contributed by atoms with van der Waals surface area (Å²) in [6.45, 7) is 5.73. The summed E-state index contributed by atoms with van der Waals surface area (Å²) in [7, 11) is 0. The molecule has 0 aromatic heterocycles. The molecule has 0 aliphatic rings. The molecular weight excluding hydrogens is 338 g/mol. The highest BCUT2D eigenvalue weighted by Crippen LogP contribution is 2.20. The van der Waals surface area contributed by atoms with Gasteiger partial charge < -0.3 is 16.4 Å². The predicted octanol–water partition coefficient (Wildman–Crippen LogP) is 3.67. The molecular formula is C19H24ClN3O2. The highest BCUT2D eigenvalue weighted by Gasteiger charge is 2.27. The number of carbonyl (C=O) groups is 2. The third-order valence-electron chi connectivity index (χ3n) is 3.64. The summed E-state index contributed by atoms with van der Waals surface area (Å²) >= 11 is 0. The molecule has 0 unspecified atom stereocenters. The van der Waals surface area contributed by atoms with Crippen LogP contribution in [0, 0.1) is 5.41 Å². The van der Waals surface area contributed by atoms with Crippen LogP contribution in [0.15, 0.2) is 54.6 Å². The molecule has 0 bridgehead atoms. The summed E-state index contributed by atoms with van der Waals surface area (Å²) in [6.07, 6.45) is 0. The van der Waals surface area contributed by atoms with Gasteiger partial charge in [0.25, 0.3) is 5.91 Å². The summed E-state index contributed by atoms with van der Waals surface area (Å²) in [6, 6.07) is 15.3. The van der Waals surface area contributed by atoms with Crippen molar-refractivity contribution < 1.29 is 9.59 Å². The summed E-state index contributed by atoms with van der Waals surface area (Å²) in [5.74, 6) is -0.459. The zero-order valence-electron chi connectivity index (χ0n) is 14.6. The number of nitrogens with two attached hydrogens (primary N) is 1. The largest absolute Gasteiger partial charge is 0.325 e. The maximum absolute atomic E-state index is 12.2. The Morgan fingerprint density at radius 3 is 2.04 bits per heavy atom. The Balaban J connectivity index is 0.00000312. The Labute approximate surface area is 154 Å². The van der Waals surface area contributed by atoms with Crippen LogP contribution < -0.4 is 16.4 Å². The van der Waals surface area contributed by atoms with Gasteiger partial charge >= 0.3 is 0 Å². The summed E-state index contributed by atoms with van der Waals surface area (Å²) in [5.41, 5.74) is 7.39. The van der Waals surface area contributed by atoms with Gasteiger partial charge in [0.15, 0.2) is 0 Å². The van der Waals surface area contributed by atoms with Gasteiger partial charge in [0.05, 0.1) is 6.04 Å². The predicted molar refractivity (Wildman–Crippen MR) is 104 cm³/mol. The number of hydrogen-bond donors (Lipinski definition) is 3. The SMILES string of the molecule is CC(C)(C)[C@H](N)C(=O)Nc1cccc(NC(=O)c2ccccc2)c1.Cl. The molecule has 4 N–H and O–H groups in total. The average molecular weight is 362 g/mol. The highest BCUT2D eigenvalue weighted by atomic mass is 35.5. The molecule has 2 aromatic carbocycles. The minimum Gasteiger partial charge on any atom is -0.325 e. The molecule has 2 amide bonds. The van der Waals surface area contributed by atoms with Crippen LogP contribution >= 0.6 is 12.4 Å². The van der Waals surface area contributed by atoms with E-state index in [1.807, 2.05) is 26.8 Å². The molecule has 0 radical (unpaired) electrons. The van der Waals surface area contributed by atoms with Gasteiger partial charge in [0, 0.05) is 16.9 Å². The topological polar surface area (TPSA) is 84.2 Å². The minimum atomic E-state index is -0.625. The van der Waals surface area contributed by atoms with Crippen LogP contribution in [0.4, 0.5) is 11.4 Å². The van der Waals surface area contributed by atoms with E-state index in [1.165, 1.54) is 0 Å². The number of nitrogens with one attached hydrogen (secondary N) is 2. The van der Waals surface area contributed by atoms with E-state index >= 15 is 0 Å². The number of carbonyl (C=O) groups excluding carboxylic acids is 2. The third kappa shape index (κ3) is 5.89. The first-order chi connectivity index (χ1) is 11.3. The van der Waals surface area contributed by atoms with Crippen molar-refractivity contribution in [1.29, 1.82) is 0 Å². The molecule has 0 saturated heterocycles. The first-order valence-corrected chi connectivity index (χ1v) is 7.80. The maximum atomic E-state index is 12.2. The number of halogens is 1. The van der Waals surface area contributed by atoms with Crippen LogP contribution in [0.25, 0.3) is 0 Å². The van der Waals surface area contributed by atoms with Crippen LogP contribution in [0.5, 0.6) is 0 Å². The molecule has 6 heteroatoms. The van der Waals surface area contributed by atoms with Crippen molar-refractivity contribution >= 4 is 35.6 Å². The van der Waals surface area contributed by atoms with Crippen LogP contribution in [-0.2, 0) is 4.79 Å². The molecule has 2 rings (SSSR count). The summed E-state index contributed by atoms with van der Waals surface area (Å²) < 4.78 is 0. The average Bonchev–Trinajstić information content (AvgIpc) is 2.54. The number of rotatable bonds is 4. The first-order valence-electron chi connectivity index (χ1n) is 7.80. The van der Waals surface area contributed by atoms with E-state index in [1.54, 1.807) is 48.5 Å². The Bertz CT molecular complexity index is 727. The van der Waals surface area contributed by atoms with E-state index < -0.39 is 6.04 Å². The van der Waals surface area contributed by atoms with E-state index in [9.17, 15) is 9.59 Å². The van der Waals surface area contributed by atoms with E-state index in [4.69, 9.17) is 5.73 Å². The van der Waals surface area contributed by atoms with E-state index in [0.29, 0.717) is 16.9 Å². The van der Waals surface area contributed by atoms with Crippen molar-refractivity contribution in [3.05, 3.63) is 60.2 Å². The lowest BCUT2D eigenvalue weighted by atomic mass is 9.87. The van der Waals surface area contributed by atoms with Crippen LogP contribution in [0.2, 0.25) is 0 Å². The lowest BCUT2D eigenvalue weighted by Crippen LogP contribution is -2.45. The van der Waals surface area contributed by atoms with Crippen LogP contribution in [0.3, 0.4) is 0 Å². The molecule has 5 nitrogen and oxygen atoms in total. The minimum absolute atomic E-state index is 0. The Hall–Kier alpha value is -2.37. The monoisotopic (exact) mass is 361 g/mol. The maximum Gasteiger partial charge on any atom is 0.255 e. The lowest BCUT2D eigenvalue weighted by molar-refractivity contribution is -0.119. The normalized spacial score (nSPS) is 11.8. The Kier molecular flexibility index (Phi) is 7.15. The Morgan fingerprint density at radius 2 is 1.48 bits per heavy atom. The fourth-order valence-corrected chi connectivity index (χ4v) is 2.08. The summed E-state index contributed by atoms with van der Waals surface area (Å²) in [5, 5.41) is 5.60. The molecule has 0 aliphatic heterocycles. The fraction of sp³-hybridized carbons (Fsp3) is 0.263. The highest BCUT2D eigenvalue weighted by molar-refractivity contribution is 6.04. The van der Waals surface area contributed by atoms with Gasteiger partial charge in [-0.2, -0.15) is 0 Å². The second kappa shape index (κ2) is 8.65. The molecule has 0 saturated carbocycles. The number of anilines is 2. The van der Waals surface area contributed by atoms with Gasteiger partial charge in [-0.25, -0.2) is 0 Å². The zero-order valence-corrected chi connectivity index (χ0v) is 15.4. The van der Waals surface area contributed by atoms with E-state index in [-0.39, 0.29) is 29.6 Å². The zero-order chi connectivity index (χ0) is 17.7. The molecule has 1 atom stereocenters. The van der Waals surface area contributed by atoms with Gasteiger partial charge in [-0.15, -0.1) is 12.4 Å². The standard InChI is InChI=1S/C19H23N3O2.ClH/c1-19(2,3)16(20)18(24)22-15-11-7-10-14(12-15)21-17(23)13-8-5-4-6-9-13;/h4-12,16H,20H2,1-3H3,(H,21,23)(H,22,24);1H/t16-;/m1./s1. The van der Waals surface area contributed by atoms with Crippen LogP contribution in [0.1, 0.15) is 31.1 Å². The molecule has 0 aliphatic carbocycles. The van der Waals surface area contributed by atoms with Crippen LogP contribution in [-0.4, -0.2) is 17.9 Å². The summed E-state index contributed by atoms with van der Waals surface area (Å²) in [4.78, 5) is 24.4. The molecule has 2 aromatic rings. The van der Waals surface area contributed by atoms with Gasteiger partial charge in [0.1, 0.15) is 0 Å². The molecule has 0 heterocycles. The second-order valence-corrected chi connectivity index (χ2v) is 6.73. The van der Waals surface area contributed by atoms with Crippen molar-refractivity contribution in [3.8, 4) is 0 Å². The lowest BCUT2D eigenvalue weighted by Gasteiger charge is -2.25. The van der Waals surface area contributed by atoms with Gasteiger partial charge in [-0.3, -0.25) is 9.59 Å². The third-order valence-corrected chi connectivity index (χ3v) is 3.64. The Morgan fingerprint density at radius 1 is 0.920 bits per heavy atom. The molecule has 0 spiro atoms. The van der Waals surface area contributed by atoms with Crippen molar-refractivity contribution in [2.24, 2.45) is 11.1 Å². The van der Waals surface area contributed by atoms with Crippen molar-refractivity contribution in [2.45, 2.75) is 26.8 Å². The number of amides is 2. The van der Waals surface area contributed by atoms with Crippen molar-refractivity contribution in [2.75, 3.05) is 10.6 Å². The molecule has 0 fully saturated rings. The van der Waals surface area contributed by atoms with E-state index in [0.717, 1.165) is 0 Å². The first kappa shape index (κ1) is 20.7. The van der Waals surface area contributed by atoms with Crippen molar-refractivity contribution in [3.63, 3.8) is 0 Å². The number of hydrogen-bond acceptors (Lipinski definition) is 3. The quantitative estimate of drug-likeness (QED) is 0.776. The number of benzene rings is 2. The van der Waals surface area contributed by atoms with Crippen molar-refractivity contribution in [1.82, 2.24) is 0 Å². The van der Waals surface area contributed by atoms with Gasteiger partial charge in [-0.1, -0.05) is 45.0 Å². The molecule has 25 heavy (non-hydrogen) atoms. The van der Waals surface area contributed by atoms with E-state index in [2.05, 4.69) is 10.6 Å². The van der Waals surface area contributed by atoms with Gasteiger partial charge in [0.2, 0.25) is 5.91 Å². The van der Waals surface area contributed by atoms with Gasteiger partial charge in [-0.05, 0) is 35.7 Å². The smallest absolute Gasteiger partial charge is 0.255 e. The second-order valence-electron chi connectivity index (χ2n) is 6.73. The molecule has 134 valence electrons. The fourth-order valence-electron chi connectivity index (χ4n) is 2.08.